The number of rotatable bonds is 3. The highest BCUT2D eigenvalue weighted by Gasteiger charge is 2.14. The molecule has 1 nitrogen and oxygen atoms in total. The predicted molar refractivity (Wildman–Crippen MR) is 64.7 cm³/mol. The van der Waals surface area contributed by atoms with Crippen molar-refractivity contribution in [1.29, 1.82) is 5.26 Å². The molecule has 78 valence electrons. The zero-order valence-electron chi connectivity index (χ0n) is 8.78. The van der Waals surface area contributed by atoms with Crippen LogP contribution in [0.5, 0.6) is 0 Å². The first-order chi connectivity index (χ1) is 7.38. The van der Waals surface area contributed by atoms with Crippen molar-refractivity contribution in [3.05, 3.63) is 35.4 Å². The summed E-state index contributed by atoms with van der Waals surface area (Å²) in [6.07, 6.45) is 5.55. The first kappa shape index (κ1) is 10.6. The lowest BCUT2D eigenvalue weighted by Crippen LogP contribution is -1.94. The fraction of sp³-hybridized carbons (Fsp3) is 0.462. The Kier molecular flexibility index (Phi) is 3.69. The summed E-state index contributed by atoms with van der Waals surface area (Å²) in [7, 11) is 0. The van der Waals surface area contributed by atoms with Gasteiger partial charge in [0.05, 0.1) is 11.6 Å². The minimum atomic E-state index is 0.777. The monoisotopic (exact) mass is 217 g/mol. The maximum atomic E-state index is 8.78. The first-order valence-electron chi connectivity index (χ1n) is 5.49. The Morgan fingerprint density at radius 1 is 1.33 bits per heavy atom. The molecule has 0 amide bonds. The fourth-order valence-corrected chi connectivity index (χ4v) is 3.27. The molecule has 0 heterocycles. The molecule has 0 unspecified atom stereocenters. The molecule has 0 aromatic heterocycles. The Bertz CT molecular complexity index is 361. The standard InChI is InChI=1S/C13H15NS/c14-9-11-4-3-5-12(8-11)10-15-13-6-1-2-7-13/h3-5,8,13H,1-2,6-7,10H2. The van der Waals surface area contributed by atoms with E-state index in [0.717, 1.165) is 16.6 Å². The van der Waals surface area contributed by atoms with E-state index in [0.29, 0.717) is 0 Å². The van der Waals surface area contributed by atoms with Crippen molar-refractivity contribution in [3.8, 4) is 6.07 Å². The molecule has 0 saturated heterocycles. The Morgan fingerprint density at radius 3 is 2.87 bits per heavy atom. The van der Waals surface area contributed by atoms with Gasteiger partial charge in [0.1, 0.15) is 0 Å². The smallest absolute Gasteiger partial charge is 0.0991 e. The maximum Gasteiger partial charge on any atom is 0.0991 e. The van der Waals surface area contributed by atoms with E-state index in [1.807, 2.05) is 30.0 Å². The number of benzene rings is 1. The molecular weight excluding hydrogens is 202 g/mol. The lowest BCUT2D eigenvalue weighted by molar-refractivity contribution is 0.886. The average Bonchev–Trinajstić information content (AvgIpc) is 2.79. The van der Waals surface area contributed by atoms with E-state index in [1.165, 1.54) is 31.2 Å². The van der Waals surface area contributed by atoms with Crippen LogP contribution in [0.2, 0.25) is 0 Å². The van der Waals surface area contributed by atoms with Gasteiger partial charge >= 0.3 is 0 Å². The summed E-state index contributed by atoms with van der Waals surface area (Å²) >= 11 is 2.05. The topological polar surface area (TPSA) is 23.8 Å². The average molecular weight is 217 g/mol. The van der Waals surface area contributed by atoms with E-state index in [9.17, 15) is 0 Å². The Labute approximate surface area is 95.5 Å². The lowest BCUT2D eigenvalue weighted by Gasteiger charge is -2.08. The summed E-state index contributed by atoms with van der Waals surface area (Å²) in [6.45, 7) is 0. The summed E-state index contributed by atoms with van der Waals surface area (Å²) in [4.78, 5) is 0. The highest BCUT2D eigenvalue weighted by atomic mass is 32.2. The van der Waals surface area contributed by atoms with Crippen LogP contribution in [-0.4, -0.2) is 5.25 Å². The van der Waals surface area contributed by atoms with E-state index in [-0.39, 0.29) is 0 Å². The van der Waals surface area contributed by atoms with Gasteiger partial charge in [-0.2, -0.15) is 17.0 Å². The molecule has 1 aromatic carbocycles. The zero-order chi connectivity index (χ0) is 10.5. The molecule has 15 heavy (non-hydrogen) atoms. The summed E-state index contributed by atoms with van der Waals surface area (Å²) in [6, 6.07) is 10.1. The largest absolute Gasteiger partial charge is 0.192 e. The van der Waals surface area contributed by atoms with Crippen LogP contribution in [0.3, 0.4) is 0 Å². The van der Waals surface area contributed by atoms with Gasteiger partial charge in [0.2, 0.25) is 0 Å². The molecule has 1 aromatic rings. The number of nitriles is 1. The van der Waals surface area contributed by atoms with Crippen LogP contribution in [0.25, 0.3) is 0 Å². The lowest BCUT2D eigenvalue weighted by atomic mass is 10.2. The number of hydrogen-bond donors (Lipinski definition) is 0. The van der Waals surface area contributed by atoms with Crippen molar-refractivity contribution in [2.24, 2.45) is 0 Å². The summed E-state index contributed by atoms with van der Waals surface area (Å²) in [5, 5.41) is 9.64. The number of nitrogens with zero attached hydrogens (tertiary/aromatic N) is 1. The SMILES string of the molecule is N#Cc1cccc(CSC2CCCC2)c1. The van der Waals surface area contributed by atoms with Gasteiger partial charge in [0.25, 0.3) is 0 Å². The third-order valence-corrected chi connectivity index (χ3v) is 4.29. The summed E-state index contributed by atoms with van der Waals surface area (Å²) < 4.78 is 0. The summed E-state index contributed by atoms with van der Waals surface area (Å²) in [5.41, 5.74) is 2.06. The van der Waals surface area contributed by atoms with Crippen molar-refractivity contribution in [3.63, 3.8) is 0 Å². The zero-order valence-corrected chi connectivity index (χ0v) is 9.59. The Morgan fingerprint density at radius 2 is 2.13 bits per heavy atom. The van der Waals surface area contributed by atoms with Gasteiger partial charge in [-0.1, -0.05) is 25.0 Å². The molecule has 0 aliphatic heterocycles. The highest BCUT2D eigenvalue weighted by molar-refractivity contribution is 7.99. The van der Waals surface area contributed by atoms with Crippen LogP contribution in [-0.2, 0) is 5.75 Å². The van der Waals surface area contributed by atoms with Gasteiger partial charge in [-0.25, -0.2) is 0 Å². The van der Waals surface area contributed by atoms with Gasteiger partial charge in [-0.15, -0.1) is 0 Å². The second-order valence-electron chi connectivity index (χ2n) is 4.03. The number of thioether (sulfide) groups is 1. The van der Waals surface area contributed by atoms with E-state index in [1.54, 1.807) is 0 Å². The molecule has 0 radical (unpaired) electrons. The molecular formula is C13H15NS. The van der Waals surface area contributed by atoms with Gasteiger partial charge < -0.3 is 0 Å². The minimum absolute atomic E-state index is 0.777. The molecule has 0 bridgehead atoms. The summed E-state index contributed by atoms with van der Waals surface area (Å²) in [5.74, 6) is 1.06. The maximum absolute atomic E-state index is 8.78. The minimum Gasteiger partial charge on any atom is -0.192 e. The normalized spacial score (nSPS) is 16.5. The second-order valence-corrected chi connectivity index (χ2v) is 5.32. The molecule has 1 aliphatic rings. The molecule has 0 N–H and O–H groups in total. The van der Waals surface area contributed by atoms with Gasteiger partial charge in [0, 0.05) is 11.0 Å². The van der Waals surface area contributed by atoms with Crippen LogP contribution in [0.4, 0.5) is 0 Å². The molecule has 1 aliphatic carbocycles. The highest BCUT2D eigenvalue weighted by Crippen LogP contribution is 2.31. The van der Waals surface area contributed by atoms with Crippen molar-refractivity contribution >= 4 is 11.8 Å². The Balaban J connectivity index is 1.90. The predicted octanol–water partition coefficient (Wildman–Crippen LogP) is 3.73. The molecule has 0 spiro atoms. The van der Waals surface area contributed by atoms with Gasteiger partial charge in [-0.05, 0) is 30.5 Å². The third kappa shape index (κ3) is 3.00. The molecule has 2 heteroatoms. The van der Waals surface area contributed by atoms with Crippen LogP contribution in [0, 0.1) is 11.3 Å². The Hall–Kier alpha value is -0.940. The van der Waals surface area contributed by atoms with Crippen LogP contribution in [0.15, 0.2) is 24.3 Å². The van der Waals surface area contributed by atoms with Crippen LogP contribution >= 0.6 is 11.8 Å². The molecule has 1 fully saturated rings. The van der Waals surface area contributed by atoms with Crippen molar-refractivity contribution in [2.75, 3.05) is 0 Å². The third-order valence-electron chi connectivity index (χ3n) is 2.84. The van der Waals surface area contributed by atoms with Crippen molar-refractivity contribution < 1.29 is 0 Å². The number of hydrogen-bond acceptors (Lipinski definition) is 2. The van der Waals surface area contributed by atoms with Gasteiger partial charge in [-0.3, -0.25) is 0 Å². The van der Waals surface area contributed by atoms with Crippen molar-refractivity contribution in [1.82, 2.24) is 0 Å². The quantitative estimate of drug-likeness (QED) is 0.770. The van der Waals surface area contributed by atoms with E-state index < -0.39 is 0 Å². The fourth-order valence-electron chi connectivity index (χ4n) is 2.00. The second kappa shape index (κ2) is 5.23. The van der Waals surface area contributed by atoms with Crippen molar-refractivity contribution in [2.45, 2.75) is 36.7 Å². The molecule has 0 atom stereocenters. The van der Waals surface area contributed by atoms with E-state index in [4.69, 9.17) is 5.26 Å². The molecule has 2 rings (SSSR count). The van der Waals surface area contributed by atoms with Gasteiger partial charge in [0.15, 0.2) is 0 Å². The van der Waals surface area contributed by atoms with Crippen LogP contribution < -0.4 is 0 Å². The van der Waals surface area contributed by atoms with E-state index >= 15 is 0 Å². The van der Waals surface area contributed by atoms with Crippen LogP contribution in [0.1, 0.15) is 36.8 Å². The van der Waals surface area contributed by atoms with E-state index in [2.05, 4.69) is 12.1 Å². The first-order valence-corrected chi connectivity index (χ1v) is 6.54. The molecule has 1 saturated carbocycles.